The van der Waals surface area contributed by atoms with Crippen LogP contribution in [-0.2, 0) is 22.6 Å². The molecule has 0 bridgehead atoms. The molecule has 0 aliphatic heterocycles. The van der Waals surface area contributed by atoms with Crippen LogP contribution in [0.25, 0.3) is 0 Å². The molecule has 1 fully saturated rings. The van der Waals surface area contributed by atoms with Gasteiger partial charge < -0.3 is 15.0 Å². The van der Waals surface area contributed by atoms with E-state index in [1.807, 2.05) is 12.1 Å². The third kappa shape index (κ3) is 5.59. The number of hydrogen-bond acceptors (Lipinski definition) is 3. The van der Waals surface area contributed by atoms with Gasteiger partial charge in [-0.2, -0.15) is 0 Å². The lowest BCUT2D eigenvalue weighted by Crippen LogP contribution is -2.50. The first kappa shape index (κ1) is 21.8. The van der Waals surface area contributed by atoms with E-state index in [1.54, 1.807) is 44.4 Å². The average Bonchev–Trinajstić information content (AvgIpc) is 3.26. The Morgan fingerprint density at radius 3 is 2.43 bits per heavy atom. The van der Waals surface area contributed by atoms with Crippen molar-refractivity contribution in [3.05, 3.63) is 65.5 Å². The van der Waals surface area contributed by atoms with Crippen molar-refractivity contribution in [2.75, 3.05) is 7.11 Å². The number of hydrogen-bond donors (Lipinski definition) is 1. The summed E-state index contributed by atoms with van der Waals surface area (Å²) in [6.07, 6.45) is 4.26. The molecule has 2 aromatic carbocycles. The number of carbonyl (C=O) groups excluding carboxylic acids is 2. The summed E-state index contributed by atoms with van der Waals surface area (Å²) in [7, 11) is 1.58. The van der Waals surface area contributed by atoms with E-state index in [0.717, 1.165) is 31.2 Å². The zero-order chi connectivity index (χ0) is 21.5. The zero-order valence-corrected chi connectivity index (χ0v) is 17.6. The van der Waals surface area contributed by atoms with Gasteiger partial charge in [0.2, 0.25) is 11.8 Å². The van der Waals surface area contributed by atoms with Crippen molar-refractivity contribution in [2.24, 2.45) is 0 Å². The predicted octanol–water partition coefficient (Wildman–Crippen LogP) is 3.85. The number of nitrogens with zero attached hydrogens (tertiary/aromatic N) is 1. The lowest BCUT2D eigenvalue weighted by molar-refractivity contribution is -0.140. The molecule has 2 aromatic rings. The van der Waals surface area contributed by atoms with Gasteiger partial charge in [-0.25, -0.2) is 4.39 Å². The summed E-state index contributed by atoms with van der Waals surface area (Å²) in [5, 5.41) is 3.05. The highest BCUT2D eigenvalue weighted by Gasteiger charge is 2.29. The summed E-state index contributed by atoms with van der Waals surface area (Å²) in [6, 6.07) is 13.0. The molecule has 30 heavy (non-hydrogen) atoms. The summed E-state index contributed by atoms with van der Waals surface area (Å²) in [6.45, 7) is 1.75. The van der Waals surface area contributed by atoms with Gasteiger partial charge in [0.15, 0.2) is 0 Å². The fraction of sp³-hybridized carbons (Fsp3) is 0.417. The van der Waals surface area contributed by atoms with Gasteiger partial charge >= 0.3 is 0 Å². The number of nitrogens with one attached hydrogen (secondary N) is 1. The first-order valence-electron chi connectivity index (χ1n) is 10.4. The molecule has 0 aromatic heterocycles. The molecule has 1 aliphatic carbocycles. The minimum absolute atomic E-state index is 0.0426. The first-order chi connectivity index (χ1) is 14.5. The number of halogens is 1. The molecule has 0 unspecified atom stereocenters. The van der Waals surface area contributed by atoms with E-state index in [1.165, 1.54) is 11.0 Å². The van der Waals surface area contributed by atoms with Crippen molar-refractivity contribution < 1.29 is 18.7 Å². The van der Waals surface area contributed by atoms with Gasteiger partial charge in [-0.3, -0.25) is 9.59 Å². The van der Waals surface area contributed by atoms with Crippen molar-refractivity contribution in [3.8, 4) is 5.75 Å². The Balaban J connectivity index is 1.77. The fourth-order valence-corrected chi connectivity index (χ4v) is 3.80. The van der Waals surface area contributed by atoms with Gasteiger partial charge in [-0.05, 0) is 43.5 Å². The monoisotopic (exact) mass is 412 g/mol. The molecule has 1 N–H and O–H groups in total. The second kappa shape index (κ2) is 10.2. The maximum absolute atomic E-state index is 14.3. The molecule has 2 amide bonds. The van der Waals surface area contributed by atoms with Crippen molar-refractivity contribution in [3.63, 3.8) is 0 Å². The number of amides is 2. The Morgan fingerprint density at radius 2 is 1.80 bits per heavy atom. The molecule has 5 nitrogen and oxygen atoms in total. The Labute approximate surface area is 177 Å². The number of rotatable bonds is 8. The second-order valence-electron chi connectivity index (χ2n) is 7.80. The summed E-state index contributed by atoms with van der Waals surface area (Å²) in [4.78, 5) is 27.5. The smallest absolute Gasteiger partial charge is 0.242 e. The lowest BCUT2D eigenvalue weighted by atomic mass is 10.1. The molecule has 160 valence electrons. The lowest BCUT2D eigenvalue weighted by Gasteiger charge is -2.30. The van der Waals surface area contributed by atoms with Crippen LogP contribution in [0.2, 0.25) is 0 Å². The first-order valence-corrected chi connectivity index (χ1v) is 10.4. The SMILES string of the molecule is COc1ccc(CC(=O)N(Cc2ccccc2F)[C@H](C)C(=O)NC2CCCC2)cc1. The van der Waals surface area contributed by atoms with Gasteiger partial charge in [-0.15, -0.1) is 0 Å². The van der Waals surface area contributed by atoms with Crippen LogP contribution in [-0.4, -0.2) is 35.9 Å². The van der Waals surface area contributed by atoms with Gasteiger partial charge in [0, 0.05) is 18.2 Å². The largest absolute Gasteiger partial charge is 0.497 e. The average molecular weight is 413 g/mol. The van der Waals surface area contributed by atoms with Crippen LogP contribution >= 0.6 is 0 Å². The van der Waals surface area contributed by atoms with Crippen molar-refractivity contribution in [1.82, 2.24) is 10.2 Å². The molecule has 0 saturated heterocycles. The molecule has 0 radical (unpaired) electrons. The molecule has 3 rings (SSSR count). The highest BCUT2D eigenvalue weighted by molar-refractivity contribution is 5.88. The van der Waals surface area contributed by atoms with Gasteiger partial charge in [0.1, 0.15) is 17.6 Å². The summed E-state index contributed by atoms with van der Waals surface area (Å²) in [5.41, 5.74) is 1.20. The Morgan fingerprint density at radius 1 is 1.13 bits per heavy atom. The number of ether oxygens (including phenoxy) is 1. The van der Waals surface area contributed by atoms with E-state index in [0.29, 0.717) is 11.3 Å². The molecule has 0 spiro atoms. The second-order valence-corrected chi connectivity index (χ2v) is 7.80. The molecule has 1 atom stereocenters. The normalized spacial score (nSPS) is 14.9. The van der Waals surface area contributed by atoms with E-state index < -0.39 is 6.04 Å². The van der Waals surface area contributed by atoms with Crippen LogP contribution < -0.4 is 10.1 Å². The van der Waals surface area contributed by atoms with Crippen LogP contribution in [0.4, 0.5) is 4.39 Å². The van der Waals surface area contributed by atoms with Crippen molar-refractivity contribution >= 4 is 11.8 Å². The van der Waals surface area contributed by atoms with Crippen LogP contribution in [0.1, 0.15) is 43.7 Å². The highest BCUT2D eigenvalue weighted by Crippen LogP contribution is 2.20. The van der Waals surface area contributed by atoms with Gasteiger partial charge in [0.05, 0.1) is 13.5 Å². The van der Waals surface area contributed by atoms with E-state index in [4.69, 9.17) is 4.74 Å². The Hall–Kier alpha value is -2.89. The fourth-order valence-electron chi connectivity index (χ4n) is 3.80. The molecule has 0 heterocycles. The van der Waals surface area contributed by atoms with E-state index >= 15 is 0 Å². The summed E-state index contributed by atoms with van der Waals surface area (Å²) < 4.78 is 19.4. The minimum Gasteiger partial charge on any atom is -0.497 e. The zero-order valence-electron chi connectivity index (χ0n) is 17.6. The van der Waals surface area contributed by atoms with Gasteiger partial charge in [0.25, 0.3) is 0 Å². The maximum Gasteiger partial charge on any atom is 0.242 e. The number of methoxy groups -OCH3 is 1. The molecule has 6 heteroatoms. The molecular weight excluding hydrogens is 383 g/mol. The van der Waals surface area contributed by atoms with Crippen molar-refractivity contribution in [1.29, 1.82) is 0 Å². The Kier molecular flexibility index (Phi) is 7.44. The minimum atomic E-state index is -0.698. The Bertz CT molecular complexity index is 863. The summed E-state index contributed by atoms with van der Waals surface area (Å²) >= 11 is 0. The summed E-state index contributed by atoms with van der Waals surface area (Å²) in [5.74, 6) is -0.0966. The molecule has 1 saturated carbocycles. The molecule has 1 aliphatic rings. The van der Waals surface area contributed by atoms with Crippen LogP contribution in [0.3, 0.4) is 0 Å². The van der Waals surface area contributed by atoms with Crippen LogP contribution in [0.5, 0.6) is 5.75 Å². The van der Waals surface area contributed by atoms with E-state index in [-0.39, 0.29) is 36.6 Å². The van der Waals surface area contributed by atoms with Crippen LogP contribution in [0.15, 0.2) is 48.5 Å². The predicted molar refractivity (Wildman–Crippen MR) is 114 cm³/mol. The van der Waals surface area contributed by atoms with Crippen LogP contribution in [0, 0.1) is 5.82 Å². The van der Waals surface area contributed by atoms with E-state index in [9.17, 15) is 14.0 Å². The van der Waals surface area contributed by atoms with Gasteiger partial charge in [-0.1, -0.05) is 43.2 Å². The number of benzene rings is 2. The topological polar surface area (TPSA) is 58.6 Å². The maximum atomic E-state index is 14.3. The highest BCUT2D eigenvalue weighted by atomic mass is 19.1. The third-order valence-electron chi connectivity index (χ3n) is 5.68. The quantitative estimate of drug-likeness (QED) is 0.716. The van der Waals surface area contributed by atoms with E-state index in [2.05, 4.69) is 5.32 Å². The number of carbonyl (C=O) groups is 2. The van der Waals surface area contributed by atoms with Crippen molar-refractivity contribution in [2.45, 2.75) is 57.7 Å². The standard InChI is InChI=1S/C24H29FN2O3/c1-17(24(29)26-20-8-4-5-9-20)27(16-19-7-3-6-10-22(19)25)23(28)15-18-11-13-21(30-2)14-12-18/h3,6-7,10-14,17,20H,4-5,8-9,15-16H2,1-2H3,(H,26,29)/t17-/m1/s1. The molecular formula is C24H29FN2O3. The third-order valence-corrected chi connectivity index (χ3v) is 5.68.